The molecule has 0 saturated heterocycles. The van der Waals surface area contributed by atoms with Gasteiger partial charge in [-0.05, 0) is 37.6 Å². The third kappa shape index (κ3) is 5.43. The number of nitrogens with zero attached hydrogens (tertiary/aromatic N) is 4. The summed E-state index contributed by atoms with van der Waals surface area (Å²) in [5.74, 6) is -2.14. The second-order valence-corrected chi connectivity index (χ2v) is 9.49. The zero-order chi connectivity index (χ0) is 24.6. The Kier molecular flexibility index (Phi) is 7.85. The summed E-state index contributed by atoms with van der Waals surface area (Å²) in [6.07, 6.45) is 7.80. The van der Waals surface area contributed by atoms with Crippen molar-refractivity contribution in [3.63, 3.8) is 0 Å². The fourth-order valence-corrected chi connectivity index (χ4v) is 4.56. The van der Waals surface area contributed by atoms with Gasteiger partial charge in [-0.2, -0.15) is 0 Å². The van der Waals surface area contributed by atoms with Gasteiger partial charge in [0.1, 0.15) is 11.2 Å². The molecule has 182 valence electrons. The summed E-state index contributed by atoms with van der Waals surface area (Å²) in [6, 6.07) is 1.87. The number of sulfonamides is 1. The number of aliphatic imine (C=N–C) groups is 1. The lowest BCUT2D eigenvalue weighted by Crippen LogP contribution is -2.50. The molecule has 0 fully saturated rings. The van der Waals surface area contributed by atoms with E-state index in [1.54, 1.807) is 6.92 Å². The first-order chi connectivity index (χ1) is 15.4. The van der Waals surface area contributed by atoms with Crippen LogP contribution in [0.15, 0.2) is 29.5 Å². The number of halogens is 4. The minimum Gasteiger partial charge on any atom is -0.460 e. The van der Waals surface area contributed by atoms with Gasteiger partial charge >= 0.3 is 0 Å². The summed E-state index contributed by atoms with van der Waals surface area (Å²) >= 11 is 0. The van der Waals surface area contributed by atoms with Gasteiger partial charge in [0.25, 0.3) is 0 Å². The highest BCUT2D eigenvalue weighted by atomic mass is 35.5. The van der Waals surface area contributed by atoms with E-state index in [-0.39, 0.29) is 41.1 Å². The number of guanidine groups is 1. The largest absolute Gasteiger partial charge is 0.460 e. The monoisotopic (exact) mass is 515 g/mol. The van der Waals surface area contributed by atoms with E-state index >= 15 is 0 Å². The van der Waals surface area contributed by atoms with Gasteiger partial charge in [0.15, 0.2) is 23.6 Å². The average Bonchev–Trinajstić information content (AvgIpc) is 2.74. The summed E-state index contributed by atoms with van der Waals surface area (Å²) in [6.45, 7) is 2.91. The summed E-state index contributed by atoms with van der Waals surface area (Å²) in [5, 5.41) is 0. The van der Waals surface area contributed by atoms with Crippen LogP contribution in [0.1, 0.15) is 30.7 Å². The molecule has 0 radical (unpaired) electrons. The molecule has 2 aromatic rings. The summed E-state index contributed by atoms with van der Waals surface area (Å²) in [7, 11) is -2.74. The Hall–Kier alpha value is -3.30. The Labute approximate surface area is 201 Å². The normalized spacial score (nSPS) is 20.6. The van der Waals surface area contributed by atoms with E-state index in [1.807, 2.05) is 0 Å². The maximum Gasteiger partial charge on any atom is 0.239 e. The standard InChI is InChI=1S/C21H20F3N5O3S.ClH/c1-5-12(2)32-18-10-26-17(9-27-18)15(22)7-13-6-14(19(24)16(23)8-13)21(3)11-33(30,31)29(4)20(25)28-21;/h1,6-10,12H,11H2,2-4H3,(H2,25,28);1H/b15-7-;/t12-,21-;/m0./s1. The molecule has 1 aromatic carbocycles. The molecule has 0 amide bonds. The van der Waals surface area contributed by atoms with Gasteiger partial charge < -0.3 is 10.5 Å². The molecular weight excluding hydrogens is 495 g/mol. The fraction of sp³-hybridized carbons (Fsp3) is 0.286. The van der Waals surface area contributed by atoms with Crippen LogP contribution in [-0.2, 0) is 15.6 Å². The lowest BCUT2D eigenvalue weighted by atomic mass is 9.92. The number of hydrogen-bond donors (Lipinski definition) is 1. The molecule has 2 atom stereocenters. The molecule has 13 heteroatoms. The van der Waals surface area contributed by atoms with Crippen molar-refractivity contribution in [2.75, 3.05) is 12.8 Å². The number of nitrogens with two attached hydrogens (primary N) is 1. The van der Waals surface area contributed by atoms with Crippen molar-refractivity contribution in [2.45, 2.75) is 25.5 Å². The van der Waals surface area contributed by atoms with Gasteiger partial charge in [-0.1, -0.05) is 5.92 Å². The van der Waals surface area contributed by atoms with Crippen molar-refractivity contribution in [1.29, 1.82) is 0 Å². The molecule has 3 rings (SSSR count). The number of aromatic nitrogens is 2. The van der Waals surface area contributed by atoms with Crippen LogP contribution in [0.25, 0.3) is 11.9 Å². The molecular formula is C21H21ClF3N5O3S. The summed E-state index contributed by atoms with van der Waals surface area (Å²) < 4.78 is 74.5. The highest BCUT2D eigenvalue weighted by Gasteiger charge is 2.42. The highest BCUT2D eigenvalue weighted by molar-refractivity contribution is 7.89. The SMILES string of the molecule is C#C[C@H](C)Oc1cnc(/C(F)=C/c2cc(F)c(F)c([C@]3(C)CS(=O)(=O)N(C)C(N)=N3)c2)cn1.Cl. The van der Waals surface area contributed by atoms with E-state index in [4.69, 9.17) is 16.9 Å². The zero-order valence-electron chi connectivity index (χ0n) is 18.3. The molecule has 2 N–H and O–H groups in total. The van der Waals surface area contributed by atoms with Crippen LogP contribution in [0.3, 0.4) is 0 Å². The van der Waals surface area contributed by atoms with Crippen molar-refractivity contribution < 1.29 is 26.3 Å². The van der Waals surface area contributed by atoms with Gasteiger partial charge in [0.05, 0.1) is 18.1 Å². The molecule has 8 nitrogen and oxygen atoms in total. The van der Waals surface area contributed by atoms with Crippen LogP contribution in [0.4, 0.5) is 13.2 Å². The second kappa shape index (κ2) is 9.90. The van der Waals surface area contributed by atoms with Gasteiger partial charge in [-0.15, -0.1) is 18.8 Å². The predicted octanol–water partition coefficient (Wildman–Crippen LogP) is 2.85. The van der Waals surface area contributed by atoms with E-state index < -0.39 is 44.9 Å². The van der Waals surface area contributed by atoms with Gasteiger partial charge in [-0.25, -0.2) is 40.9 Å². The van der Waals surface area contributed by atoms with E-state index in [2.05, 4.69) is 20.9 Å². The topological polar surface area (TPSA) is 111 Å². The van der Waals surface area contributed by atoms with Crippen molar-refractivity contribution in [3.8, 4) is 18.2 Å². The first-order valence-corrected chi connectivity index (χ1v) is 11.1. The van der Waals surface area contributed by atoms with Gasteiger partial charge in [0.2, 0.25) is 21.9 Å². The van der Waals surface area contributed by atoms with E-state index in [9.17, 15) is 21.6 Å². The maximum absolute atomic E-state index is 14.7. The highest BCUT2D eigenvalue weighted by Crippen LogP contribution is 2.35. The molecule has 0 bridgehead atoms. The zero-order valence-corrected chi connectivity index (χ0v) is 19.9. The Balaban J connectivity index is 0.00000408. The number of ether oxygens (including phenoxy) is 1. The fourth-order valence-electron chi connectivity index (χ4n) is 3.11. The molecule has 1 aliphatic rings. The number of hydrogen-bond acceptors (Lipinski definition) is 7. The molecule has 34 heavy (non-hydrogen) atoms. The minimum absolute atomic E-state index is 0. The first kappa shape index (κ1) is 26.9. The summed E-state index contributed by atoms with van der Waals surface area (Å²) in [5.41, 5.74) is 3.27. The Morgan fingerprint density at radius 2 is 2.03 bits per heavy atom. The van der Waals surface area contributed by atoms with Crippen molar-refractivity contribution in [2.24, 2.45) is 10.7 Å². The molecule has 1 aromatic heterocycles. The Morgan fingerprint density at radius 3 is 2.59 bits per heavy atom. The smallest absolute Gasteiger partial charge is 0.239 e. The maximum atomic E-state index is 14.7. The van der Waals surface area contributed by atoms with E-state index in [1.165, 1.54) is 14.0 Å². The second-order valence-electron chi connectivity index (χ2n) is 7.49. The van der Waals surface area contributed by atoms with Gasteiger partial charge in [-0.3, -0.25) is 0 Å². The molecule has 2 heterocycles. The third-order valence-electron chi connectivity index (χ3n) is 4.89. The van der Waals surface area contributed by atoms with Crippen LogP contribution in [0.5, 0.6) is 5.88 Å². The lowest BCUT2D eigenvalue weighted by molar-refractivity contribution is 0.266. The van der Waals surface area contributed by atoms with Gasteiger partial charge in [0, 0.05) is 12.6 Å². The van der Waals surface area contributed by atoms with E-state index in [0.717, 1.165) is 34.9 Å². The van der Waals surface area contributed by atoms with Crippen LogP contribution in [-0.4, -0.2) is 47.6 Å². The predicted molar refractivity (Wildman–Crippen MR) is 124 cm³/mol. The van der Waals surface area contributed by atoms with Crippen molar-refractivity contribution >= 4 is 40.3 Å². The van der Waals surface area contributed by atoms with E-state index in [0.29, 0.717) is 0 Å². The van der Waals surface area contributed by atoms with Crippen molar-refractivity contribution in [1.82, 2.24) is 14.3 Å². The molecule has 0 spiro atoms. The summed E-state index contributed by atoms with van der Waals surface area (Å²) in [4.78, 5) is 11.8. The number of rotatable bonds is 5. The molecule has 1 aliphatic heterocycles. The molecule has 0 unspecified atom stereocenters. The Bertz CT molecular complexity index is 1300. The number of terminal acetylenes is 1. The van der Waals surface area contributed by atoms with Crippen LogP contribution >= 0.6 is 12.4 Å². The van der Waals surface area contributed by atoms with Crippen molar-refractivity contribution in [3.05, 3.63) is 53.0 Å². The average molecular weight is 516 g/mol. The number of benzene rings is 1. The first-order valence-electron chi connectivity index (χ1n) is 9.50. The Morgan fingerprint density at radius 1 is 1.35 bits per heavy atom. The lowest BCUT2D eigenvalue weighted by Gasteiger charge is -2.34. The molecule has 0 saturated carbocycles. The molecule has 0 aliphatic carbocycles. The van der Waals surface area contributed by atoms with Crippen LogP contribution in [0, 0.1) is 24.0 Å². The minimum atomic E-state index is -3.93. The third-order valence-corrected chi connectivity index (χ3v) is 6.84. The quantitative estimate of drug-likeness (QED) is 0.613. The van der Waals surface area contributed by atoms with Crippen LogP contribution in [0.2, 0.25) is 0 Å². The van der Waals surface area contributed by atoms with Crippen LogP contribution < -0.4 is 10.5 Å².